The summed E-state index contributed by atoms with van der Waals surface area (Å²) in [5, 5.41) is 14.6. The standard InChI is InChI=1S/C22H25N9O4/c1-3-14(12-34-2)30-13-24-19-20(27-22(28-21(19)30)29-7-9-35-10-8-29)23-11-17-25-15-5-4-6-16(31(32)33)18(15)26-17/h4-6,12-13H,3,7-11H2,1-2H3,(H,25,26)(H,23,27,28)/b14-12+. The highest BCUT2D eigenvalue weighted by molar-refractivity contribution is 5.87. The fraction of sp³-hybridized carbons (Fsp3) is 0.364. The van der Waals surface area contributed by atoms with Gasteiger partial charge in [0.05, 0.1) is 43.0 Å². The van der Waals surface area contributed by atoms with Gasteiger partial charge in [0.15, 0.2) is 22.5 Å². The third-order valence-electron chi connectivity index (χ3n) is 5.76. The van der Waals surface area contributed by atoms with Gasteiger partial charge in [-0.1, -0.05) is 13.0 Å². The number of morpholine rings is 1. The summed E-state index contributed by atoms with van der Waals surface area (Å²) in [4.78, 5) is 34.7. The molecule has 0 unspecified atom stereocenters. The molecule has 0 spiro atoms. The number of H-pyrrole nitrogens is 1. The number of imidazole rings is 2. The third-order valence-corrected chi connectivity index (χ3v) is 5.76. The van der Waals surface area contributed by atoms with Crippen LogP contribution >= 0.6 is 0 Å². The number of benzene rings is 1. The van der Waals surface area contributed by atoms with Gasteiger partial charge in [-0.05, 0) is 12.5 Å². The van der Waals surface area contributed by atoms with Gasteiger partial charge in [0.25, 0.3) is 5.69 Å². The fourth-order valence-corrected chi connectivity index (χ4v) is 4.04. The number of rotatable bonds is 8. The molecule has 1 aromatic carbocycles. The first-order chi connectivity index (χ1) is 17.1. The van der Waals surface area contributed by atoms with Crippen molar-refractivity contribution in [1.29, 1.82) is 0 Å². The Kier molecular flexibility index (Phi) is 6.14. The first kappa shape index (κ1) is 22.5. The van der Waals surface area contributed by atoms with Crippen LogP contribution in [0.4, 0.5) is 17.5 Å². The maximum atomic E-state index is 11.3. The number of hydrogen-bond acceptors (Lipinski definition) is 10. The number of anilines is 2. The van der Waals surface area contributed by atoms with E-state index in [1.165, 1.54) is 6.07 Å². The monoisotopic (exact) mass is 479 g/mol. The van der Waals surface area contributed by atoms with E-state index in [1.807, 2.05) is 11.5 Å². The summed E-state index contributed by atoms with van der Waals surface area (Å²) in [6, 6.07) is 4.83. The second-order valence-corrected chi connectivity index (χ2v) is 7.92. The first-order valence-corrected chi connectivity index (χ1v) is 11.2. The minimum atomic E-state index is -0.436. The van der Waals surface area contributed by atoms with E-state index in [0.29, 0.717) is 66.1 Å². The lowest BCUT2D eigenvalue weighted by Crippen LogP contribution is -2.37. The number of methoxy groups -OCH3 is 1. The molecule has 0 amide bonds. The Morgan fingerprint density at radius 1 is 1.29 bits per heavy atom. The second kappa shape index (κ2) is 9.54. The average Bonchev–Trinajstić information content (AvgIpc) is 3.50. The second-order valence-electron chi connectivity index (χ2n) is 7.92. The van der Waals surface area contributed by atoms with Crippen molar-refractivity contribution in [3.05, 3.63) is 46.7 Å². The van der Waals surface area contributed by atoms with Crippen LogP contribution in [-0.4, -0.2) is 67.8 Å². The SMILES string of the molecule is CC/C(=C\OC)n1cnc2c(NCc3nc4c([N+](=O)[O-])cccc4[nH]3)nc(N3CCOCC3)nc21. The van der Waals surface area contributed by atoms with Crippen molar-refractivity contribution < 1.29 is 14.4 Å². The molecule has 2 N–H and O–H groups in total. The number of nitrogens with one attached hydrogen (secondary N) is 2. The number of ether oxygens (including phenoxy) is 2. The summed E-state index contributed by atoms with van der Waals surface area (Å²) in [6.45, 7) is 4.86. The lowest BCUT2D eigenvalue weighted by atomic mass is 10.3. The van der Waals surface area contributed by atoms with Crippen molar-refractivity contribution in [1.82, 2.24) is 29.5 Å². The zero-order chi connectivity index (χ0) is 24.4. The Labute approximate surface area is 200 Å². The van der Waals surface area contributed by atoms with Crippen LogP contribution in [0.15, 0.2) is 30.8 Å². The van der Waals surface area contributed by atoms with Crippen molar-refractivity contribution in [2.75, 3.05) is 43.6 Å². The van der Waals surface area contributed by atoms with Gasteiger partial charge in [-0.15, -0.1) is 0 Å². The van der Waals surface area contributed by atoms with Crippen LogP contribution in [0.1, 0.15) is 19.2 Å². The quantitative estimate of drug-likeness (QED) is 0.219. The topological polar surface area (TPSA) is 149 Å². The van der Waals surface area contributed by atoms with Gasteiger partial charge in [0.2, 0.25) is 5.95 Å². The summed E-state index contributed by atoms with van der Waals surface area (Å²) in [7, 11) is 1.60. The number of nitrogens with zero attached hydrogens (tertiary/aromatic N) is 7. The first-order valence-electron chi connectivity index (χ1n) is 11.2. The minimum absolute atomic E-state index is 0.0419. The zero-order valence-electron chi connectivity index (χ0n) is 19.4. The van der Waals surface area contributed by atoms with E-state index in [9.17, 15) is 10.1 Å². The van der Waals surface area contributed by atoms with E-state index < -0.39 is 4.92 Å². The Morgan fingerprint density at radius 3 is 2.86 bits per heavy atom. The number of aromatic amines is 1. The highest BCUT2D eigenvalue weighted by atomic mass is 16.6. The highest BCUT2D eigenvalue weighted by Gasteiger charge is 2.21. The predicted molar refractivity (Wildman–Crippen MR) is 130 cm³/mol. The molecule has 1 fully saturated rings. The molecule has 0 atom stereocenters. The van der Waals surface area contributed by atoms with Gasteiger partial charge in [-0.2, -0.15) is 9.97 Å². The van der Waals surface area contributed by atoms with Gasteiger partial charge in [0.1, 0.15) is 18.4 Å². The van der Waals surface area contributed by atoms with Gasteiger partial charge in [0, 0.05) is 19.2 Å². The number of nitro groups is 1. The lowest BCUT2D eigenvalue weighted by molar-refractivity contribution is -0.383. The zero-order valence-corrected chi connectivity index (χ0v) is 19.4. The molecule has 1 aliphatic rings. The Morgan fingerprint density at radius 2 is 2.11 bits per heavy atom. The Balaban J connectivity index is 1.53. The molecule has 3 aromatic heterocycles. The third kappa shape index (κ3) is 4.33. The molecule has 0 aliphatic carbocycles. The van der Waals surface area contributed by atoms with Crippen LogP contribution in [0.2, 0.25) is 0 Å². The van der Waals surface area contributed by atoms with Crippen molar-refractivity contribution in [3.8, 4) is 0 Å². The molecule has 13 heteroatoms. The predicted octanol–water partition coefficient (Wildman–Crippen LogP) is 2.91. The highest BCUT2D eigenvalue weighted by Crippen LogP contribution is 2.27. The van der Waals surface area contributed by atoms with E-state index in [0.717, 1.165) is 12.1 Å². The lowest BCUT2D eigenvalue weighted by Gasteiger charge is -2.27. The van der Waals surface area contributed by atoms with Crippen LogP contribution in [-0.2, 0) is 16.0 Å². The molecule has 0 radical (unpaired) electrons. The summed E-state index contributed by atoms with van der Waals surface area (Å²) in [6.07, 6.45) is 4.09. The van der Waals surface area contributed by atoms with Crippen LogP contribution in [0.5, 0.6) is 0 Å². The summed E-state index contributed by atoms with van der Waals surface area (Å²) >= 11 is 0. The van der Waals surface area contributed by atoms with Crippen molar-refractivity contribution >= 4 is 45.3 Å². The molecule has 5 rings (SSSR count). The smallest absolute Gasteiger partial charge is 0.297 e. The molecule has 0 saturated carbocycles. The van der Waals surface area contributed by atoms with E-state index in [1.54, 1.807) is 31.8 Å². The summed E-state index contributed by atoms with van der Waals surface area (Å²) < 4.78 is 12.6. The molecule has 1 aliphatic heterocycles. The maximum absolute atomic E-state index is 11.3. The van der Waals surface area contributed by atoms with Crippen molar-refractivity contribution in [3.63, 3.8) is 0 Å². The van der Waals surface area contributed by atoms with Gasteiger partial charge < -0.3 is 24.7 Å². The van der Waals surface area contributed by atoms with Crippen LogP contribution in [0.3, 0.4) is 0 Å². The maximum Gasteiger partial charge on any atom is 0.297 e. The molecule has 4 heterocycles. The number of para-hydroxylation sites is 1. The number of nitro benzene ring substituents is 1. The normalized spacial score (nSPS) is 14.6. The number of non-ortho nitro benzene ring substituents is 1. The molecule has 13 nitrogen and oxygen atoms in total. The number of fused-ring (bicyclic) bond motifs is 2. The largest absolute Gasteiger partial charge is 0.503 e. The van der Waals surface area contributed by atoms with Crippen molar-refractivity contribution in [2.24, 2.45) is 0 Å². The van der Waals surface area contributed by atoms with E-state index in [2.05, 4.69) is 25.2 Å². The number of hydrogen-bond donors (Lipinski definition) is 2. The molecular weight excluding hydrogens is 454 g/mol. The van der Waals surface area contributed by atoms with E-state index >= 15 is 0 Å². The van der Waals surface area contributed by atoms with Gasteiger partial charge >= 0.3 is 0 Å². The number of allylic oxidation sites excluding steroid dienone is 1. The summed E-state index contributed by atoms with van der Waals surface area (Å²) in [5.41, 5.74) is 3.02. The Bertz CT molecular complexity index is 1400. The van der Waals surface area contributed by atoms with Gasteiger partial charge in [-0.25, -0.2) is 9.97 Å². The minimum Gasteiger partial charge on any atom is -0.503 e. The van der Waals surface area contributed by atoms with E-state index in [4.69, 9.17) is 19.4 Å². The number of aromatic nitrogens is 6. The molecular formula is C22H25N9O4. The molecule has 0 bridgehead atoms. The van der Waals surface area contributed by atoms with Crippen LogP contribution in [0, 0.1) is 10.1 Å². The molecule has 35 heavy (non-hydrogen) atoms. The average molecular weight is 480 g/mol. The molecule has 4 aromatic rings. The molecule has 182 valence electrons. The van der Waals surface area contributed by atoms with Crippen molar-refractivity contribution in [2.45, 2.75) is 19.9 Å². The molecule has 1 saturated heterocycles. The summed E-state index contributed by atoms with van der Waals surface area (Å²) in [5.74, 6) is 1.65. The Hall–Kier alpha value is -4.26. The fourth-order valence-electron chi connectivity index (χ4n) is 4.04. The van der Waals surface area contributed by atoms with E-state index in [-0.39, 0.29) is 12.2 Å². The van der Waals surface area contributed by atoms with Gasteiger partial charge in [-0.3, -0.25) is 14.7 Å². The van der Waals surface area contributed by atoms with Crippen LogP contribution in [0.25, 0.3) is 27.9 Å². The van der Waals surface area contributed by atoms with Crippen LogP contribution < -0.4 is 10.2 Å².